The fraction of sp³-hybridized carbons (Fsp3) is 0.722. The van der Waals surface area contributed by atoms with Gasteiger partial charge < -0.3 is 14.1 Å². The Morgan fingerprint density at radius 1 is 1.22 bits per heavy atom. The predicted octanol–water partition coefficient (Wildman–Crippen LogP) is 2.82. The Balaban J connectivity index is 1.51. The minimum Gasteiger partial charge on any atom is -0.463 e. The molecule has 0 aromatic carbocycles. The maximum atomic E-state index is 11.6. The Kier molecular flexibility index (Phi) is 5.38. The van der Waals surface area contributed by atoms with Crippen LogP contribution < -0.4 is 0 Å². The summed E-state index contributed by atoms with van der Waals surface area (Å²) in [4.78, 5) is 16.7. The summed E-state index contributed by atoms with van der Waals surface area (Å²) in [6, 6.07) is 2.72. The van der Waals surface area contributed by atoms with Crippen molar-refractivity contribution < 1.29 is 13.9 Å². The fourth-order valence-electron chi connectivity index (χ4n) is 3.87. The van der Waals surface area contributed by atoms with Crippen molar-refractivity contribution in [1.29, 1.82) is 0 Å². The highest BCUT2D eigenvalue weighted by atomic mass is 16.5. The molecule has 3 heterocycles. The third-order valence-corrected chi connectivity index (χ3v) is 5.18. The van der Waals surface area contributed by atoms with E-state index in [1.807, 2.05) is 13.0 Å². The number of ether oxygens (including phenoxy) is 1. The van der Waals surface area contributed by atoms with Crippen LogP contribution in [0.2, 0.25) is 0 Å². The van der Waals surface area contributed by atoms with Crippen molar-refractivity contribution in [3.8, 4) is 0 Å². The van der Waals surface area contributed by atoms with E-state index in [1.165, 1.54) is 52.3 Å². The molecule has 0 unspecified atom stereocenters. The predicted molar refractivity (Wildman–Crippen MR) is 88.5 cm³/mol. The van der Waals surface area contributed by atoms with Gasteiger partial charge in [0.15, 0.2) is 0 Å². The van der Waals surface area contributed by atoms with E-state index in [2.05, 4.69) is 9.80 Å². The number of methoxy groups -OCH3 is 1. The number of piperidine rings is 2. The SMILES string of the molecule is COC(=O)c1oc(CN2CCC(N3CCCCC3)CC2)cc1C. The summed E-state index contributed by atoms with van der Waals surface area (Å²) in [5.41, 5.74) is 0.857. The Labute approximate surface area is 138 Å². The summed E-state index contributed by atoms with van der Waals surface area (Å²) >= 11 is 0. The van der Waals surface area contributed by atoms with Gasteiger partial charge in [-0.05, 0) is 51.8 Å². The molecule has 23 heavy (non-hydrogen) atoms. The first-order valence-electron chi connectivity index (χ1n) is 8.81. The molecule has 2 fully saturated rings. The van der Waals surface area contributed by atoms with Gasteiger partial charge in [-0.25, -0.2) is 4.79 Å². The number of hydrogen-bond donors (Lipinski definition) is 0. The van der Waals surface area contributed by atoms with E-state index < -0.39 is 5.97 Å². The van der Waals surface area contributed by atoms with Crippen LogP contribution in [-0.2, 0) is 11.3 Å². The Morgan fingerprint density at radius 2 is 1.91 bits per heavy atom. The van der Waals surface area contributed by atoms with Crippen molar-refractivity contribution in [3.63, 3.8) is 0 Å². The highest BCUT2D eigenvalue weighted by Gasteiger charge is 2.26. The van der Waals surface area contributed by atoms with Gasteiger partial charge in [-0.1, -0.05) is 6.42 Å². The summed E-state index contributed by atoms with van der Waals surface area (Å²) in [7, 11) is 1.38. The van der Waals surface area contributed by atoms with Gasteiger partial charge >= 0.3 is 5.97 Å². The Morgan fingerprint density at radius 3 is 2.57 bits per heavy atom. The van der Waals surface area contributed by atoms with Gasteiger partial charge in [0.25, 0.3) is 0 Å². The minimum absolute atomic E-state index is 0.339. The van der Waals surface area contributed by atoms with Crippen LogP contribution in [0.4, 0.5) is 0 Å². The molecule has 0 amide bonds. The van der Waals surface area contributed by atoms with Gasteiger partial charge in [0.2, 0.25) is 5.76 Å². The molecular weight excluding hydrogens is 292 g/mol. The molecule has 5 heteroatoms. The lowest BCUT2D eigenvalue weighted by molar-refractivity contribution is 0.0556. The number of carbonyl (C=O) groups excluding carboxylic acids is 1. The van der Waals surface area contributed by atoms with Crippen molar-refractivity contribution in [3.05, 3.63) is 23.2 Å². The van der Waals surface area contributed by atoms with Crippen molar-refractivity contribution >= 4 is 5.97 Å². The monoisotopic (exact) mass is 320 g/mol. The molecule has 5 nitrogen and oxygen atoms in total. The van der Waals surface area contributed by atoms with Crippen molar-refractivity contribution in [1.82, 2.24) is 9.80 Å². The largest absolute Gasteiger partial charge is 0.463 e. The van der Waals surface area contributed by atoms with Crippen LogP contribution in [0.25, 0.3) is 0 Å². The summed E-state index contributed by atoms with van der Waals surface area (Å²) < 4.78 is 10.4. The lowest BCUT2D eigenvalue weighted by Crippen LogP contribution is -2.46. The van der Waals surface area contributed by atoms with Crippen LogP contribution in [0.1, 0.15) is 54.0 Å². The molecule has 0 radical (unpaired) electrons. The lowest BCUT2D eigenvalue weighted by Gasteiger charge is -2.40. The van der Waals surface area contributed by atoms with E-state index >= 15 is 0 Å². The third kappa shape index (κ3) is 3.96. The standard InChI is InChI=1S/C18H28N2O3/c1-14-12-16(23-17(14)18(21)22-2)13-19-10-6-15(7-11-19)20-8-4-3-5-9-20/h12,15H,3-11,13H2,1-2H3. The van der Waals surface area contributed by atoms with E-state index in [0.29, 0.717) is 5.76 Å². The van der Waals surface area contributed by atoms with Crippen LogP contribution in [0.5, 0.6) is 0 Å². The fourth-order valence-corrected chi connectivity index (χ4v) is 3.87. The maximum absolute atomic E-state index is 11.6. The molecule has 0 N–H and O–H groups in total. The zero-order valence-electron chi connectivity index (χ0n) is 14.3. The highest BCUT2D eigenvalue weighted by Crippen LogP contribution is 2.23. The summed E-state index contributed by atoms with van der Waals surface area (Å²) in [6.45, 7) is 7.45. The van der Waals surface area contributed by atoms with Crippen LogP contribution in [0.3, 0.4) is 0 Å². The Bertz CT molecular complexity index is 526. The molecule has 128 valence electrons. The summed E-state index contributed by atoms with van der Waals surface area (Å²) in [5.74, 6) is 0.808. The molecule has 0 saturated carbocycles. The minimum atomic E-state index is -0.391. The molecule has 2 aliphatic rings. The van der Waals surface area contributed by atoms with E-state index in [0.717, 1.165) is 37.0 Å². The molecule has 0 atom stereocenters. The first kappa shape index (κ1) is 16.5. The maximum Gasteiger partial charge on any atom is 0.374 e. The number of rotatable bonds is 4. The van der Waals surface area contributed by atoms with E-state index in [1.54, 1.807) is 0 Å². The number of esters is 1. The van der Waals surface area contributed by atoms with Gasteiger partial charge in [0, 0.05) is 24.7 Å². The van der Waals surface area contributed by atoms with Crippen molar-refractivity contribution in [2.75, 3.05) is 33.3 Å². The van der Waals surface area contributed by atoms with Gasteiger partial charge in [-0.2, -0.15) is 0 Å². The number of nitrogens with zero attached hydrogens (tertiary/aromatic N) is 2. The zero-order chi connectivity index (χ0) is 16.2. The van der Waals surface area contributed by atoms with Gasteiger partial charge in [-0.3, -0.25) is 4.90 Å². The molecule has 0 spiro atoms. The van der Waals surface area contributed by atoms with Crippen LogP contribution in [-0.4, -0.2) is 55.1 Å². The van der Waals surface area contributed by atoms with Crippen molar-refractivity contribution in [2.24, 2.45) is 0 Å². The average Bonchev–Trinajstić information content (AvgIpc) is 2.96. The van der Waals surface area contributed by atoms with E-state index in [9.17, 15) is 4.79 Å². The number of likely N-dealkylation sites (tertiary alicyclic amines) is 2. The Hall–Kier alpha value is -1.33. The second-order valence-electron chi connectivity index (χ2n) is 6.82. The van der Waals surface area contributed by atoms with Gasteiger partial charge in [0.1, 0.15) is 5.76 Å². The first-order chi connectivity index (χ1) is 11.2. The summed E-state index contributed by atoms with van der Waals surface area (Å²) in [5, 5.41) is 0. The van der Waals surface area contributed by atoms with Gasteiger partial charge in [0.05, 0.1) is 13.7 Å². The molecular formula is C18H28N2O3. The number of carbonyl (C=O) groups is 1. The first-order valence-corrected chi connectivity index (χ1v) is 8.81. The zero-order valence-corrected chi connectivity index (χ0v) is 14.3. The molecule has 1 aromatic rings. The number of furan rings is 1. The highest BCUT2D eigenvalue weighted by molar-refractivity contribution is 5.87. The van der Waals surface area contributed by atoms with Gasteiger partial charge in [-0.15, -0.1) is 0 Å². The second-order valence-corrected chi connectivity index (χ2v) is 6.82. The molecule has 0 aliphatic carbocycles. The topological polar surface area (TPSA) is 45.9 Å². The normalized spacial score (nSPS) is 21.5. The van der Waals surface area contributed by atoms with Crippen LogP contribution >= 0.6 is 0 Å². The van der Waals surface area contributed by atoms with E-state index in [4.69, 9.17) is 9.15 Å². The molecule has 2 saturated heterocycles. The van der Waals surface area contributed by atoms with Crippen LogP contribution in [0.15, 0.2) is 10.5 Å². The van der Waals surface area contributed by atoms with Crippen molar-refractivity contribution in [2.45, 2.75) is 51.6 Å². The quantitative estimate of drug-likeness (QED) is 0.798. The summed E-state index contributed by atoms with van der Waals surface area (Å²) in [6.07, 6.45) is 6.60. The molecule has 3 rings (SSSR count). The number of aryl methyl sites for hydroxylation is 1. The van der Waals surface area contributed by atoms with Crippen LogP contribution in [0, 0.1) is 6.92 Å². The molecule has 2 aliphatic heterocycles. The smallest absolute Gasteiger partial charge is 0.374 e. The molecule has 0 bridgehead atoms. The number of hydrogen-bond acceptors (Lipinski definition) is 5. The van der Waals surface area contributed by atoms with E-state index in [-0.39, 0.29) is 0 Å². The molecule has 1 aromatic heterocycles. The third-order valence-electron chi connectivity index (χ3n) is 5.18. The second kappa shape index (κ2) is 7.49. The lowest BCUT2D eigenvalue weighted by atomic mass is 10.00. The average molecular weight is 320 g/mol.